The van der Waals surface area contributed by atoms with E-state index in [1.54, 1.807) is 12.1 Å². The molecule has 1 saturated carbocycles. The number of hydrogen-bond donors (Lipinski definition) is 1. The third-order valence-corrected chi connectivity index (χ3v) is 3.85. The number of hydrogen-bond acceptors (Lipinski definition) is 3. The zero-order valence-electron chi connectivity index (χ0n) is 9.74. The molecule has 4 nitrogen and oxygen atoms in total. The van der Waals surface area contributed by atoms with Crippen LogP contribution in [0.5, 0.6) is 11.5 Å². The van der Waals surface area contributed by atoms with Crippen LogP contribution < -0.4 is 9.47 Å². The van der Waals surface area contributed by atoms with Crippen LogP contribution in [0.4, 0.5) is 0 Å². The monoisotopic (exact) mass is 268 g/mol. The molecule has 1 N–H and O–H groups in total. The average molecular weight is 269 g/mol. The minimum atomic E-state index is -0.808. The molecule has 0 atom stereocenters. The smallest absolute Gasteiger partial charge is 0.304 e. The Morgan fingerprint density at radius 1 is 1.33 bits per heavy atom. The van der Waals surface area contributed by atoms with Gasteiger partial charge in [0.05, 0.1) is 6.42 Å². The summed E-state index contributed by atoms with van der Waals surface area (Å²) in [6.45, 7) is 0.990. The molecule has 3 rings (SSSR count). The number of ether oxygens (including phenoxy) is 2. The molecule has 18 heavy (non-hydrogen) atoms. The van der Waals surface area contributed by atoms with Crippen LogP contribution in [-0.4, -0.2) is 24.3 Å². The van der Waals surface area contributed by atoms with E-state index < -0.39 is 5.97 Å². The maximum absolute atomic E-state index is 11.0. The summed E-state index contributed by atoms with van der Waals surface area (Å²) < 4.78 is 11.2. The molecule has 1 aliphatic heterocycles. The number of fused-ring (bicyclic) bond motifs is 1. The summed E-state index contributed by atoms with van der Waals surface area (Å²) >= 11 is 6.24. The minimum absolute atomic E-state index is 0.0898. The van der Waals surface area contributed by atoms with E-state index >= 15 is 0 Å². The zero-order valence-corrected chi connectivity index (χ0v) is 10.5. The molecule has 0 unspecified atom stereocenters. The maximum Gasteiger partial charge on any atom is 0.304 e. The van der Waals surface area contributed by atoms with Crippen molar-refractivity contribution in [1.82, 2.24) is 0 Å². The van der Waals surface area contributed by atoms with Crippen molar-refractivity contribution in [2.24, 2.45) is 0 Å². The highest BCUT2D eigenvalue weighted by molar-refractivity contribution is 6.31. The molecule has 5 heteroatoms. The Hall–Kier alpha value is -1.42. The highest BCUT2D eigenvalue weighted by Crippen LogP contribution is 2.58. The second-order valence-corrected chi connectivity index (χ2v) is 5.20. The van der Waals surface area contributed by atoms with Gasteiger partial charge in [0.2, 0.25) is 0 Å². The predicted octanol–water partition coefficient (Wildman–Crippen LogP) is 2.62. The predicted molar refractivity (Wildman–Crippen MR) is 65.6 cm³/mol. The lowest BCUT2D eigenvalue weighted by molar-refractivity contribution is -0.137. The maximum atomic E-state index is 11.0. The molecule has 0 spiro atoms. The highest BCUT2D eigenvalue weighted by atomic mass is 35.5. The van der Waals surface area contributed by atoms with E-state index in [2.05, 4.69) is 0 Å². The molecular formula is C13H13ClO4. The lowest BCUT2D eigenvalue weighted by Crippen LogP contribution is -2.21. The molecule has 0 amide bonds. The summed E-state index contributed by atoms with van der Waals surface area (Å²) in [5, 5.41) is 9.60. The summed E-state index contributed by atoms with van der Waals surface area (Å²) in [5.41, 5.74) is 0.443. The molecule has 1 aromatic rings. The number of benzene rings is 1. The molecule has 1 aromatic carbocycles. The summed E-state index contributed by atoms with van der Waals surface area (Å²) in [5.74, 6) is 0.489. The molecule has 0 bridgehead atoms. The second-order valence-electron chi connectivity index (χ2n) is 4.80. The Morgan fingerprint density at radius 3 is 2.72 bits per heavy atom. The summed E-state index contributed by atoms with van der Waals surface area (Å²) in [4.78, 5) is 11.0. The first kappa shape index (κ1) is 11.7. The van der Waals surface area contributed by atoms with Gasteiger partial charge in [-0.1, -0.05) is 11.6 Å². The third kappa shape index (κ3) is 1.81. The number of halogens is 1. The third-order valence-electron chi connectivity index (χ3n) is 3.53. The number of carbonyl (C=O) groups is 1. The lowest BCUT2D eigenvalue weighted by Gasteiger charge is -2.25. The normalized spacial score (nSPS) is 19.4. The SMILES string of the molecule is O=C(O)CC1(c2c(Cl)ccc3c2OCCO3)CC1. The van der Waals surface area contributed by atoms with Gasteiger partial charge in [0.25, 0.3) is 0 Å². The lowest BCUT2D eigenvalue weighted by atomic mass is 9.91. The Labute approximate surface area is 109 Å². The molecule has 0 aromatic heterocycles. The van der Waals surface area contributed by atoms with Crippen molar-refractivity contribution in [3.8, 4) is 11.5 Å². The van der Waals surface area contributed by atoms with Crippen molar-refractivity contribution in [3.05, 3.63) is 22.7 Å². The topological polar surface area (TPSA) is 55.8 Å². The number of carboxylic acid groups (broad SMARTS) is 1. The first-order chi connectivity index (χ1) is 8.62. The van der Waals surface area contributed by atoms with Gasteiger partial charge in [-0.15, -0.1) is 0 Å². The van der Waals surface area contributed by atoms with Crippen LogP contribution in [0.3, 0.4) is 0 Å². The van der Waals surface area contributed by atoms with Crippen LogP contribution in [0.25, 0.3) is 0 Å². The first-order valence-electron chi connectivity index (χ1n) is 5.93. The van der Waals surface area contributed by atoms with E-state index in [9.17, 15) is 4.79 Å². The summed E-state index contributed by atoms with van der Waals surface area (Å²) in [6, 6.07) is 3.53. The van der Waals surface area contributed by atoms with Crippen molar-refractivity contribution in [2.45, 2.75) is 24.7 Å². The summed E-state index contributed by atoms with van der Waals surface area (Å²) in [6.07, 6.45) is 1.75. The van der Waals surface area contributed by atoms with E-state index in [0.717, 1.165) is 18.4 Å². The second kappa shape index (κ2) is 4.05. The van der Waals surface area contributed by atoms with Crippen molar-refractivity contribution >= 4 is 17.6 Å². The Kier molecular flexibility index (Phi) is 2.63. The average Bonchev–Trinajstić information content (AvgIpc) is 3.08. The molecule has 0 saturated heterocycles. The fourth-order valence-electron chi connectivity index (χ4n) is 2.54. The van der Waals surface area contributed by atoms with Crippen LogP contribution in [0.1, 0.15) is 24.8 Å². The van der Waals surface area contributed by atoms with E-state index in [0.29, 0.717) is 29.7 Å². The van der Waals surface area contributed by atoms with Crippen LogP contribution in [-0.2, 0) is 10.2 Å². The van der Waals surface area contributed by atoms with E-state index in [-0.39, 0.29) is 11.8 Å². The van der Waals surface area contributed by atoms with Crippen molar-refractivity contribution in [3.63, 3.8) is 0 Å². The van der Waals surface area contributed by atoms with Gasteiger partial charge in [-0.3, -0.25) is 4.79 Å². The number of aliphatic carboxylic acids is 1. The standard InChI is InChI=1S/C13H13ClO4/c14-8-1-2-9-12(18-6-5-17-9)11(8)13(3-4-13)7-10(15)16/h1-2H,3-7H2,(H,15,16). The zero-order chi connectivity index (χ0) is 12.8. The van der Waals surface area contributed by atoms with Crippen LogP contribution >= 0.6 is 11.6 Å². The van der Waals surface area contributed by atoms with Gasteiger partial charge in [-0.05, 0) is 25.0 Å². The van der Waals surface area contributed by atoms with Crippen LogP contribution in [0.15, 0.2) is 12.1 Å². The van der Waals surface area contributed by atoms with Gasteiger partial charge in [-0.2, -0.15) is 0 Å². The molecule has 1 aliphatic carbocycles. The fourth-order valence-corrected chi connectivity index (χ4v) is 2.89. The van der Waals surface area contributed by atoms with Crippen LogP contribution in [0, 0.1) is 0 Å². The van der Waals surface area contributed by atoms with E-state index in [4.69, 9.17) is 26.2 Å². The quantitative estimate of drug-likeness (QED) is 0.916. The molecule has 0 radical (unpaired) electrons. The fraction of sp³-hybridized carbons (Fsp3) is 0.462. The van der Waals surface area contributed by atoms with Gasteiger partial charge in [0, 0.05) is 16.0 Å². The van der Waals surface area contributed by atoms with E-state index in [1.807, 2.05) is 0 Å². The Balaban J connectivity index is 2.08. The van der Waals surface area contributed by atoms with Crippen molar-refractivity contribution in [1.29, 1.82) is 0 Å². The van der Waals surface area contributed by atoms with Gasteiger partial charge < -0.3 is 14.6 Å². The first-order valence-corrected chi connectivity index (χ1v) is 6.31. The highest BCUT2D eigenvalue weighted by Gasteiger charge is 2.50. The van der Waals surface area contributed by atoms with Gasteiger partial charge in [0.1, 0.15) is 13.2 Å². The number of carboxylic acids is 1. The van der Waals surface area contributed by atoms with E-state index in [1.165, 1.54) is 0 Å². The largest absolute Gasteiger partial charge is 0.486 e. The summed E-state index contributed by atoms with van der Waals surface area (Å²) in [7, 11) is 0. The minimum Gasteiger partial charge on any atom is -0.486 e. The van der Waals surface area contributed by atoms with Crippen molar-refractivity contribution < 1.29 is 19.4 Å². The molecule has 1 heterocycles. The van der Waals surface area contributed by atoms with Gasteiger partial charge in [0.15, 0.2) is 11.5 Å². The molecular weight excluding hydrogens is 256 g/mol. The van der Waals surface area contributed by atoms with Gasteiger partial charge >= 0.3 is 5.97 Å². The molecule has 96 valence electrons. The number of rotatable bonds is 3. The Morgan fingerprint density at radius 2 is 2.06 bits per heavy atom. The molecule has 2 aliphatic rings. The Bertz CT molecular complexity index is 508. The van der Waals surface area contributed by atoms with Crippen molar-refractivity contribution in [2.75, 3.05) is 13.2 Å². The van der Waals surface area contributed by atoms with Gasteiger partial charge in [-0.25, -0.2) is 0 Å². The van der Waals surface area contributed by atoms with Crippen LogP contribution in [0.2, 0.25) is 5.02 Å². The molecule has 1 fully saturated rings.